The molecule has 0 fully saturated rings. The Bertz CT molecular complexity index is 5750. The zero-order chi connectivity index (χ0) is 80.5. The molecule has 5 atom stereocenters. The SMILES string of the molecule is CC(=O)C(O)c1cccc2ccccc12.CC(=O)OC(C(C)=O)c1cccc2ccccc12.CC(=O)OC(C)C(=O)c1cccc2ccccc12.CC(Br)C(=O)c1cccc2ccccc12.CC(O)C(=O)c1cccc2ccccc12.CCC(=O)c1cccc2ccccc12.Cc1nc(N)oc1-c1cccc2ccccc12. The maximum absolute atomic E-state index is 12.2. The Balaban J connectivity index is 0.000000150. The van der Waals surface area contributed by atoms with Gasteiger partial charge in [0, 0.05) is 53.6 Å². The van der Waals surface area contributed by atoms with Crippen LogP contribution in [-0.2, 0) is 28.7 Å². The number of carbonyl (C=O) groups is 8. The topological polar surface area (TPSA) is 248 Å². The van der Waals surface area contributed by atoms with E-state index < -0.39 is 36.4 Å². The zero-order valence-corrected chi connectivity index (χ0v) is 65.3. The molecule has 4 N–H and O–H groups in total. The van der Waals surface area contributed by atoms with Crippen molar-refractivity contribution in [2.45, 2.75) is 98.0 Å². The van der Waals surface area contributed by atoms with Crippen LogP contribution in [0.2, 0.25) is 0 Å². The van der Waals surface area contributed by atoms with Gasteiger partial charge in [-0.2, -0.15) is 4.98 Å². The highest BCUT2D eigenvalue weighted by molar-refractivity contribution is 9.10. The number of aryl methyl sites for hydroxylation is 1. The molecule has 0 saturated carbocycles. The molecule has 16 heteroatoms. The highest BCUT2D eigenvalue weighted by Crippen LogP contribution is 2.34. The number of fused-ring (bicyclic) bond motifs is 7. The lowest BCUT2D eigenvalue weighted by molar-refractivity contribution is -0.152. The Hall–Kier alpha value is -12.7. The van der Waals surface area contributed by atoms with E-state index in [4.69, 9.17) is 19.6 Å². The largest absolute Gasteiger partial charge is 0.454 e. The molecule has 0 aliphatic rings. The number of aliphatic hydroxyl groups is 2. The molecular weight excluding hydrogens is 1470 g/mol. The Morgan fingerprint density at radius 2 is 0.714 bits per heavy atom. The second-order valence-corrected chi connectivity index (χ2v) is 27.6. The van der Waals surface area contributed by atoms with Gasteiger partial charge in [0.05, 0.1) is 10.5 Å². The summed E-state index contributed by atoms with van der Waals surface area (Å²) in [6, 6.07) is 95.2. The lowest BCUT2D eigenvalue weighted by Gasteiger charge is -2.16. The predicted molar refractivity (Wildman–Crippen MR) is 452 cm³/mol. The number of aromatic nitrogens is 1. The number of benzene rings is 14. The van der Waals surface area contributed by atoms with E-state index in [-0.39, 0.29) is 45.5 Å². The van der Waals surface area contributed by atoms with Gasteiger partial charge < -0.3 is 29.8 Å². The molecule has 15 nitrogen and oxygen atoms in total. The fourth-order valence-electron chi connectivity index (χ4n) is 12.7. The molecular formula is C96H87BrN2O13. The van der Waals surface area contributed by atoms with Crippen LogP contribution in [0, 0.1) is 6.92 Å². The number of aliphatic hydroxyl groups excluding tert-OH is 2. The average molecular weight is 1560 g/mol. The minimum atomic E-state index is -1.02. The molecule has 0 aliphatic heterocycles. The molecule has 0 radical (unpaired) electrons. The molecule has 14 aromatic carbocycles. The van der Waals surface area contributed by atoms with Gasteiger partial charge in [-0.1, -0.05) is 320 Å². The van der Waals surface area contributed by atoms with Gasteiger partial charge in [0.15, 0.2) is 46.9 Å². The normalized spacial score (nSPS) is 11.9. The van der Waals surface area contributed by atoms with Crippen LogP contribution in [0.1, 0.15) is 132 Å². The number of hydrogen-bond acceptors (Lipinski definition) is 15. The van der Waals surface area contributed by atoms with E-state index in [2.05, 4.69) is 39.1 Å². The van der Waals surface area contributed by atoms with E-state index in [9.17, 15) is 48.6 Å². The first-order chi connectivity index (χ1) is 53.9. The van der Waals surface area contributed by atoms with Crippen LogP contribution < -0.4 is 5.73 Å². The number of halogens is 1. The smallest absolute Gasteiger partial charge is 0.303 e. The molecule has 0 saturated heterocycles. The molecule has 0 bridgehead atoms. The van der Waals surface area contributed by atoms with Crippen molar-refractivity contribution in [3.05, 3.63) is 336 Å². The van der Waals surface area contributed by atoms with Crippen molar-refractivity contribution in [2.24, 2.45) is 0 Å². The molecule has 15 rings (SSSR count). The second-order valence-electron chi connectivity index (χ2n) is 26.3. The van der Waals surface area contributed by atoms with E-state index in [1.165, 1.54) is 40.0 Å². The maximum Gasteiger partial charge on any atom is 0.303 e. The highest BCUT2D eigenvalue weighted by Gasteiger charge is 2.24. The summed E-state index contributed by atoms with van der Waals surface area (Å²) in [5, 5.41) is 33.4. The zero-order valence-electron chi connectivity index (χ0n) is 63.7. The summed E-state index contributed by atoms with van der Waals surface area (Å²) < 4.78 is 15.5. The molecule has 0 aliphatic carbocycles. The van der Waals surface area contributed by atoms with Crippen LogP contribution in [0.5, 0.6) is 0 Å². The van der Waals surface area contributed by atoms with Crippen LogP contribution in [0.15, 0.2) is 302 Å². The van der Waals surface area contributed by atoms with Crippen molar-refractivity contribution in [3.8, 4) is 11.3 Å². The number of nitrogens with zero attached hydrogens (tertiary/aromatic N) is 1. The maximum atomic E-state index is 12.2. The first kappa shape index (κ1) is 83.3. The monoisotopic (exact) mass is 1550 g/mol. The molecule has 5 unspecified atom stereocenters. The number of ketones is 6. The molecule has 0 amide bonds. The predicted octanol–water partition coefficient (Wildman–Crippen LogP) is 21.5. The lowest BCUT2D eigenvalue weighted by atomic mass is 9.98. The summed E-state index contributed by atoms with van der Waals surface area (Å²) >= 11 is 3.31. The van der Waals surface area contributed by atoms with Crippen LogP contribution >= 0.6 is 15.9 Å². The van der Waals surface area contributed by atoms with Crippen molar-refractivity contribution >= 4 is 144 Å². The Morgan fingerprint density at radius 1 is 0.393 bits per heavy atom. The van der Waals surface area contributed by atoms with Crippen molar-refractivity contribution in [1.82, 2.24) is 4.98 Å². The van der Waals surface area contributed by atoms with Gasteiger partial charge in [0.1, 0.15) is 12.2 Å². The Kier molecular flexibility index (Phi) is 29.8. The third-order valence-electron chi connectivity index (χ3n) is 18.1. The second kappa shape index (κ2) is 40.1. The number of rotatable bonds is 15. The van der Waals surface area contributed by atoms with E-state index >= 15 is 0 Å². The Morgan fingerprint density at radius 3 is 1.09 bits per heavy atom. The number of anilines is 1. The van der Waals surface area contributed by atoms with Crippen molar-refractivity contribution in [1.29, 1.82) is 0 Å². The Labute approximate surface area is 658 Å². The number of Topliss-reactive ketones (excluding diaryl/α,β-unsaturated/α-hetero) is 6. The van der Waals surface area contributed by atoms with Crippen LogP contribution in [0.3, 0.4) is 0 Å². The van der Waals surface area contributed by atoms with Crippen LogP contribution in [0.25, 0.3) is 86.7 Å². The van der Waals surface area contributed by atoms with Gasteiger partial charge in [0.25, 0.3) is 6.01 Å². The fourth-order valence-corrected chi connectivity index (χ4v) is 13.0. The number of alkyl halides is 1. The van der Waals surface area contributed by atoms with Gasteiger partial charge in [-0.3, -0.25) is 38.4 Å². The fraction of sp³-hybridized carbons (Fsp3) is 0.156. The minimum Gasteiger partial charge on any atom is -0.454 e. The molecule has 15 aromatic rings. The van der Waals surface area contributed by atoms with Crippen molar-refractivity contribution in [2.75, 3.05) is 5.73 Å². The summed E-state index contributed by atoms with van der Waals surface area (Å²) in [7, 11) is 0. The summed E-state index contributed by atoms with van der Waals surface area (Å²) in [5.41, 5.74) is 11.6. The number of nitrogen functional groups attached to an aromatic ring is 1. The third kappa shape index (κ3) is 21.6. The highest BCUT2D eigenvalue weighted by atomic mass is 79.9. The summed E-state index contributed by atoms with van der Waals surface area (Å²) in [6.07, 6.45) is -2.98. The van der Waals surface area contributed by atoms with Gasteiger partial charge >= 0.3 is 11.9 Å². The van der Waals surface area contributed by atoms with E-state index in [1.807, 2.05) is 282 Å². The molecule has 112 heavy (non-hydrogen) atoms. The first-order valence-corrected chi connectivity index (χ1v) is 37.4. The number of ether oxygens (including phenoxy) is 2. The van der Waals surface area contributed by atoms with Gasteiger partial charge in [-0.25, -0.2) is 0 Å². The molecule has 566 valence electrons. The van der Waals surface area contributed by atoms with Gasteiger partial charge in [-0.15, -0.1) is 0 Å². The van der Waals surface area contributed by atoms with Crippen molar-refractivity contribution in [3.63, 3.8) is 0 Å². The quantitative estimate of drug-likeness (QED) is 0.0490. The van der Waals surface area contributed by atoms with Gasteiger partial charge in [-0.05, 0) is 123 Å². The van der Waals surface area contributed by atoms with Crippen molar-refractivity contribution < 1.29 is 62.5 Å². The van der Waals surface area contributed by atoms with Gasteiger partial charge in [0.2, 0.25) is 5.78 Å². The third-order valence-corrected chi connectivity index (χ3v) is 18.6. The number of carbonyl (C=O) groups excluding carboxylic acids is 8. The van der Waals surface area contributed by atoms with Crippen LogP contribution in [-0.4, -0.2) is 78.9 Å². The van der Waals surface area contributed by atoms with E-state index in [0.29, 0.717) is 23.1 Å². The summed E-state index contributed by atoms with van der Waals surface area (Å²) in [4.78, 5) is 96.2. The first-order valence-electron chi connectivity index (χ1n) is 36.5. The molecule has 1 heterocycles. The van der Waals surface area contributed by atoms with Crippen LogP contribution in [0.4, 0.5) is 6.01 Å². The summed E-state index contributed by atoms with van der Waals surface area (Å²) in [6.45, 7) is 14.1. The molecule has 0 spiro atoms. The number of nitrogens with two attached hydrogens (primary N) is 1. The standard InChI is InChI=1S/2C15H14O3.C14H12N2O.C13H11BrO.2C13H12O2.C13H12O/c1-10(18-11(2)16)15(17)14-9-5-7-12-6-3-4-8-13(12)14;1-10(16)15(18-11(2)17)14-9-5-7-12-6-3-4-8-13(12)14;1-9-13(17-14(15)16-9)12-8-4-6-10-5-2-3-7-11(10)12;3*1-9(14)13(15)12-8-4-6-10-5-2-3-7-11(10)12;1-2-13(14)12-9-5-7-10-6-3-4-8-11(10)12/h3-10H,1-2H3;3-9,15H,1-2H3;2-8H,1H3,(H2,15,16);2-9H,1H3;2-8,13,15H,1H3;2-9,14H,1H3;3-9H,2H2,1H3. The number of oxazole rings is 1. The summed E-state index contributed by atoms with van der Waals surface area (Å²) in [5.74, 6) is -0.631. The molecule has 1 aromatic heterocycles. The number of hydrogen-bond donors (Lipinski definition) is 3. The van der Waals surface area contributed by atoms with E-state index in [0.717, 1.165) is 104 Å². The average Bonchev–Trinajstić information content (AvgIpc) is 1.68. The lowest BCUT2D eigenvalue weighted by Crippen LogP contribution is -2.23. The van der Waals surface area contributed by atoms with E-state index in [1.54, 1.807) is 25.1 Å². The minimum absolute atomic E-state index is 0.131. The number of esters is 2.